The summed E-state index contributed by atoms with van der Waals surface area (Å²) >= 11 is 9.63. The molecule has 0 aliphatic rings. The Morgan fingerprint density at radius 3 is 2.50 bits per heavy atom. The summed E-state index contributed by atoms with van der Waals surface area (Å²) in [5.74, 6) is 0.649. The van der Waals surface area contributed by atoms with E-state index in [4.69, 9.17) is 11.6 Å². The molecule has 88 valence electrons. The molecule has 0 radical (unpaired) electrons. The van der Waals surface area contributed by atoms with Crippen LogP contribution in [0.25, 0.3) is 22.3 Å². The fourth-order valence-electron chi connectivity index (χ4n) is 1.78. The van der Waals surface area contributed by atoms with E-state index in [-0.39, 0.29) is 0 Å². The molecule has 0 atom stereocenters. The molecule has 0 aliphatic heterocycles. The molecule has 1 heterocycles. The van der Waals surface area contributed by atoms with E-state index >= 15 is 0 Å². The van der Waals surface area contributed by atoms with E-state index in [0.717, 1.165) is 20.9 Å². The van der Waals surface area contributed by atoms with Gasteiger partial charge in [0.1, 0.15) is 5.15 Å². The van der Waals surface area contributed by atoms with Gasteiger partial charge >= 0.3 is 0 Å². The molecule has 0 bridgehead atoms. The highest BCUT2D eigenvalue weighted by molar-refractivity contribution is 9.10. The van der Waals surface area contributed by atoms with Gasteiger partial charge in [-0.15, -0.1) is 0 Å². The molecule has 2 nitrogen and oxygen atoms in total. The highest BCUT2D eigenvalue weighted by atomic mass is 79.9. The van der Waals surface area contributed by atoms with Crippen molar-refractivity contribution in [3.63, 3.8) is 0 Å². The van der Waals surface area contributed by atoms with Crippen LogP contribution >= 0.6 is 27.5 Å². The molecule has 0 N–H and O–H groups in total. The predicted molar refractivity (Wildman–Crippen MR) is 77.7 cm³/mol. The van der Waals surface area contributed by atoms with Crippen LogP contribution < -0.4 is 0 Å². The lowest BCUT2D eigenvalue weighted by Crippen LogP contribution is -1.91. The second-order valence-electron chi connectivity index (χ2n) is 3.87. The quantitative estimate of drug-likeness (QED) is 0.607. The minimum atomic E-state index is 0.472. The Morgan fingerprint density at radius 1 is 0.944 bits per heavy atom. The van der Waals surface area contributed by atoms with Crippen LogP contribution in [0, 0.1) is 0 Å². The molecule has 0 aliphatic carbocycles. The lowest BCUT2D eigenvalue weighted by atomic mass is 10.2. The highest BCUT2D eigenvalue weighted by Crippen LogP contribution is 2.26. The molecule has 0 fully saturated rings. The number of rotatable bonds is 1. The summed E-state index contributed by atoms with van der Waals surface area (Å²) in [5, 5.41) is 1.32. The van der Waals surface area contributed by atoms with Crippen LogP contribution in [0.15, 0.2) is 53.0 Å². The summed E-state index contributed by atoms with van der Waals surface area (Å²) in [6, 6.07) is 15.6. The smallest absolute Gasteiger partial charge is 0.161 e. The molecule has 2 aromatic carbocycles. The monoisotopic (exact) mass is 318 g/mol. The van der Waals surface area contributed by atoms with Crippen molar-refractivity contribution >= 4 is 38.4 Å². The maximum atomic E-state index is 6.21. The maximum absolute atomic E-state index is 6.21. The molecule has 3 rings (SSSR count). The first-order chi connectivity index (χ1) is 8.74. The van der Waals surface area contributed by atoms with Crippen LogP contribution in [0.2, 0.25) is 5.15 Å². The molecule has 0 amide bonds. The predicted octanol–water partition coefficient (Wildman–Crippen LogP) is 4.71. The van der Waals surface area contributed by atoms with Crippen LogP contribution in [-0.4, -0.2) is 9.97 Å². The first-order valence-electron chi connectivity index (χ1n) is 5.42. The van der Waals surface area contributed by atoms with E-state index in [0.29, 0.717) is 11.0 Å². The van der Waals surface area contributed by atoms with Crippen molar-refractivity contribution in [3.8, 4) is 11.4 Å². The number of halogens is 2. The first kappa shape index (κ1) is 11.6. The number of nitrogens with zero attached hydrogens (tertiary/aromatic N) is 2. The van der Waals surface area contributed by atoms with Gasteiger partial charge in [0.25, 0.3) is 0 Å². The molecule has 0 spiro atoms. The van der Waals surface area contributed by atoms with Crippen LogP contribution in [0.3, 0.4) is 0 Å². The van der Waals surface area contributed by atoms with Crippen molar-refractivity contribution in [1.29, 1.82) is 0 Å². The Kier molecular flexibility index (Phi) is 3.02. The zero-order valence-corrected chi connectivity index (χ0v) is 11.6. The van der Waals surface area contributed by atoms with Gasteiger partial charge < -0.3 is 0 Å². The molecule has 3 aromatic rings. The first-order valence-corrected chi connectivity index (χ1v) is 6.59. The van der Waals surface area contributed by atoms with Gasteiger partial charge in [0, 0.05) is 15.4 Å². The summed E-state index contributed by atoms with van der Waals surface area (Å²) < 4.78 is 0.966. The molecule has 0 unspecified atom stereocenters. The van der Waals surface area contributed by atoms with Crippen molar-refractivity contribution in [1.82, 2.24) is 9.97 Å². The van der Waals surface area contributed by atoms with Crippen LogP contribution in [-0.2, 0) is 0 Å². The van der Waals surface area contributed by atoms with Gasteiger partial charge in [-0.3, -0.25) is 0 Å². The van der Waals surface area contributed by atoms with Crippen molar-refractivity contribution < 1.29 is 0 Å². The average Bonchev–Trinajstić information content (AvgIpc) is 2.40. The van der Waals surface area contributed by atoms with Crippen LogP contribution in [0.5, 0.6) is 0 Å². The van der Waals surface area contributed by atoms with Crippen LogP contribution in [0.4, 0.5) is 0 Å². The number of fused-ring (bicyclic) bond motifs is 1. The molecule has 1 aromatic heterocycles. The Labute approximate surface area is 118 Å². The second-order valence-corrected chi connectivity index (χ2v) is 5.14. The van der Waals surface area contributed by atoms with Crippen LogP contribution in [0.1, 0.15) is 0 Å². The topological polar surface area (TPSA) is 25.8 Å². The Hall–Kier alpha value is -1.45. The largest absolute Gasteiger partial charge is 0.228 e. The third-order valence-electron chi connectivity index (χ3n) is 2.64. The Bertz CT molecular complexity index is 714. The average molecular weight is 320 g/mol. The molecule has 18 heavy (non-hydrogen) atoms. The normalized spacial score (nSPS) is 10.8. The molecule has 4 heteroatoms. The number of hydrogen-bond acceptors (Lipinski definition) is 2. The van der Waals surface area contributed by atoms with Gasteiger partial charge in [0.05, 0.1) is 5.52 Å². The number of hydrogen-bond donors (Lipinski definition) is 0. The standard InChI is InChI=1S/C14H8BrClN2/c15-10-6-7-12-11(8-10)13(16)18-14(17-12)9-4-2-1-3-5-9/h1-8H. The lowest BCUT2D eigenvalue weighted by Gasteiger charge is -2.04. The number of benzene rings is 2. The van der Waals surface area contributed by atoms with Crippen molar-refractivity contribution in [2.75, 3.05) is 0 Å². The van der Waals surface area contributed by atoms with Gasteiger partial charge in [-0.2, -0.15) is 0 Å². The summed E-state index contributed by atoms with van der Waals surface area (Å²) in [6.07, 6.45) is 0. The molecular weight excluding hydrogens is 312 g/mol. The van der Waals surface area contributed by atoms with Crippen molar-refractivity contribution in [2.24, 2.45) is 0 Å². The minimum absolute atomic E-state index is 0.472. The summed E-state index contributed by atoms with van der Waals surface area (Å²) in [4.78, 5) is 8.88. The number of aromatic nitrogens is 2. The van der Waals surface area contributed by atoms with E-state index < -0.39 is 0 Å². The fraction of sp³-hybridized carbons (Fsp3) is 0. The third kappa shape index (κ3) is 2.11. The minimum Gasteiger partial charge on any atom is -0.228 e. The maximum Gasteiger partial charge on any atom is 0.161 e. The summed E-state index contributed by atoms with van der Waals surface area (Å²) in [6.45, 7) is 0. The second kappa shape index (κ2) is 4.67. The van der Waals surface area contributed by atoms with Gasteiger partial charge in [-0.25, -0.2) is 9.97 Å². The van der Waals surface area contributed by atoms with E-state index in [1.54, 1.807) is 0 Å². The zero-order valence-electron chi connectivity index (χ0n) is 9.27. The fourth-order valence-corrected chi connectivity index (χ4v) is 2.37. The summed E-state index contributed by atoms with van der Waals surface area (Å²) in [7, 11) is 0. The van der Waals surface area contributed by atoms with E-state index in [1.807, 2.05) is 48.5 Å². The Morgan fingerprint density at radius 2 is 1.72 bits per heavy atom. The van der Waals surface area contributed by atoms with Crippen molar-refractivity contribution in [2.45, 2.75) is 0 Å². The van der Waals surface area contributed by atoms with E-state index in [9.17, 15) is 0 Å². The Balaban J connectivity index is 2.25. The van der Waals surface area contributed by atoms with Gasteiger partial charge in [0.15, 0.2) is 5.82 Å². The van der Waals surface area contributed by atoms with Gasteiger partial charge in [-0.1, -0.05) is 57.9 Å². The molecule has 0 saturated heterocycles. The zero-order chi connectivity index (χ0) is 12.5. The molecule has 0 saturated carbocycles. The summed E-state index contributed by atoms with van der Waals surface area (Å²) in [5.41, 5.74) is 1.81. The highest BCUT2D eigenvalue weighted by Gasteiger charge is 2.07. The van der Waals surface area contributed by atoms with Crippen molar-refractivity contribution in [3.05, 3.63) is 58.2 Å². The molecular formula is C14H8BrClN2. The SMILES string of the molecule is Clc1nc(-c2ccccc2)nc2ccc(Br)cc12. The third-order valence-corrected chi connectivity index (χ3v) is 3.42. The van der Waals surface area contributed by atoms with E-state index in [1.165, 1.54) is 0 Å². The van der Waals surface area contributed by atoms with Gasteiger partial charge in [0.2, 0.25) is 0 Å². The van der Waals surface area contributed by atoms with Gasteiger partial charge in [-0.05, 0) is 18.2 Å². The van der Waals surface area contributed by atoms with E-state index in [2.05, 4.69) is 25.9 Å². The lowest BCUT2D eigenvalue weighted by molar-refractivity contribution is 1.23.